The topological polar surface area (TPSA) is 71.1 Å². The standard InChI is InChI=1S/C12H19N3O2S/c1-12(6-4-7-12)9-15-18(16,17)10-5-3-8-14-11(10)13-2/h3,5,8,15H,4,6-7,9H2,1-2H3,(H,13,14). The maximum Gasteiger partial charge on any atom is 0.244 e. The molecule has 18 heavy (non-hydrogen) atoms. The summed E-state index contributed by atoms with van der Waals surface area (Å²) in [6, 6.07) is 3.19. The van der Waals surface area contributed by atoms with E-state index < -0.39 is 10.0 Å². The highest BCUT2D eigenvalue weighted by Crippen LogP contribution is 2.39. The maximum atomic E-state index is 12.2. The molecule has 2 N–H and O–H groups in total. The number of hydrogen-bond acceptors (Lipinski definition) is 4. The van der Waals surface area contributed by atoms with Crippen molar-refractivity contribution in [1.29, 1.82) is 0 Å². The van der Waals surface area contributed by atoms with Crippen molar-refractivity contribution < 1.29 is 8.42 Å². The Morgan fingerprint density at radius 1 is 1.44 bits per heavy atom. The predicted octanol–water partition coefficient (Wildman–Crippen LogP) is 1.59. The predicted molar refractivity (Wildman–Crippen MR) is 70.9 cm³/mol. The van der Waals surface area contributed by atoms with Gasteiger partial charge in [-0.15, -0.1) is 0 Å². The number of sulfonamides is 1. The Morgan fingerprint density at radius 3 is 2.72 bits per heavy atom. The summed E-state index contributed by atoms with van der Waals surface area (Å²) in [5, 5.41) is 2.80. The minimum atomic E-state index is -3.49. The van der Waals surface area contributed by atoms with E-state index in [2.05, 4.69) is 21.9 Å². The van der Waals surface area contributed by atoms with Gasteiger partial charge in [-0.25, -0.2) is 18.1 Å². The number of nitrogens with one attached hydrogen (secondary N) is 2. The van der Waals surface area contributed by atoms with Crippen LogP contribution < -0.4 is 10.0 Å². The molecule has 1 aliphatic carbocycles. The first-order valence-electron chi connectivity index (χ1n) is 6.09. The summed E-state index contributed by atoms with van der Waals surface area (Å²) in [5.41, 5.74) is 0.120. The molecule has 1 aromatic rings. The van der Waals surface area contributed by atoms with Gasteiger partial charge in [-0.2, -0.15) is 0 Å². The minimum absolute atomic E-state index is 0.120. The van der Waals surface area contributed by atoms with Crippen LogP contribution in [0.3, 0.4) is 0 Å². The van der Waals surface area contributed by atoms with Gasteiger partial charge < -0.3 is 5.32 Å². The van der Waals surface area contributed by atoms with E-state index in [0.717, 1.165) is 12.8 Å². The van der Waals surface area contributed by atoms with Crippen molar-refractivity contribution in [3.63, 3.8) is 0 Å². The zero-order valence-corrected chi connectivity index (χ0v) is 11.5. The van der Waals surface area contributed by atoms with Gasteiger partial charge in [0.15, 0.2) is 0 Å². The molecule has 0 atom stereocenters. The number of pyridine rings is 1. The van der Waals surface area contributed by atoms with Crippen molar-refractivity contribution in [3.05, 3.63) is 18.3 Å². The number of hydrogen-bond donors (Lipinski definition) is 2. The van der Waals surface area contributed by atoms with Gasteiger partial charge in [0.2, 0.25) is 10.0 Å². The van der Waals surface area contributed by atoms with E-state index in [0.29, 0.717) is 12.4 Å². The number of nitrogens with zero attached hydrogens (tertiary/aromatic N) is 1. The molecule has 100 valence electrons. The van der Waals surface area contributed by atoms with Crippen LogP contribution in [-0.2, 0) is 10.0 Å². The number of aromatic nitrogens is 1. The molecule has 0 radical (unpaired) electrons. The Morgan fingerprint density at radius 2 is 2.17 bits per heavy atom. The van der Waals surface area contributed by atoms with Gasteiger partial charge in [-0.1, -0.05) is 13.3 Å². The van der Waals surface area contributed by atoms with Crippen molar-refractivity contribution in [2.75, 3.05) is 18.9 Å². The molecule has 0 aromatic carbocycles. The maximum absolute atomic E-state index is 12.2. The molecule has 0 amide bonds. The first-order valence-corrected chi connectivity index (χ1v) is 7.58. The van der Waals surface area contributed by atoms with Crippen LogP contribution >= 0.6 is 0 Å². The van der Waals surface area contributed by atoms with E-state index >= 15 is 0 Å². The van der Waals surface area contributed by atoms with Crippen molar-refractivity contribution in [1.82, 2.24) is 9.71 Å². The van der Waals surface area contributed by atoms with Gasteiger partial charge in [0.1, 0.15) is 10.7 Å². The van der Waals surface area contributed by atoms with E-state index in [1.807, 2.05) is 0 Å². The summed E-state index contributed by atoms with van der Waals surface area (Å²) in [6.45, 7) is 2.61. The van der Waals surface area contributed by atoms with E-state index in [9.17, 15) is 8.42 Å². The summed E-state index contributed by atoms with van der Waals surface area (Å²) < 4.78 is 27.1. The van der Waals surface area contributed by atoms with Gasteiger partial charge in [0, 0.05) is 19.8 Å². The first-order chi connectivity index (χ1) is 8.47. The third-order valence-corrected chi connectivity index (χ3v) is 4.98. The van der Waals surface area contributed by atoms with Gasteiger partial charge in [-0.3, -0.25) is 0 Å². The normalized spacial score (nSPS) is 18.1. The summed E-state index contributed by atoms with van der Waals surface area (Å²) in [4.78, 5) is 4.22. The van der Waals surface area contributed by atoms with Crippen molar-refractivity contribution >= 4 is 15.8 Å². The third kappa shape index (κ3) is 2.64. The molecule has 1 aliphatic rings. The largest absolute Gasteiger partial charge is 0.372 e. The monoisotopic (exact) mass is 269 g/mol. The highest BCUT2D eigenvalue weighted by atomic mass is 32.2. The molecule has 0 bridgehead atoms. The second kappa shape index (κ2) is 4.85. The molecule has 0 spiro atoms. The fraction of sp³-hybridized carbons (Fsp3) is 0.583. The van der Waals surface area contributed by atoms with Crippen LogP contribution in [0.4, 0.5) is 5.82 Å². The molecule has 5 nitrogen and oxygen atoms in total. The lowest BCUT2D eigenvalue weighted by Gasteiger charge is -2.38. The van der Waals surface area contributed by atoms with Gasteiger partial charge >= 0.3 is 0 Å². The smallest absolute Gasteiger partial charge is 0.244 e. The molecule has 1 heterocycles. The Bertz CT molecular complexity index is 524. The van der Waals surface area contributed by atoms with Crippen LogP contribution in [0.1, 0.15) is 26.2 Å². The zero-order valence-electron chi connectivity index (χ0n) is 10.7. The van der Waals surface area contributed by atoms with Crippen LogP contribution in [0, 0.1) is 5.41 Å². The molecule has 0 saturated heterocycles. The Labute approximate surface area is 108 Å². The SMILES string of the molecule is CNc1ncccc1S(=O)(=O)NCC1(C)CCC1. The summed E-state index contributed by atoms with van der Waals surface area (Å²) in [5.74, 6) is 0.378. The molecular weight excluding hydrogens is 250 g/mol. The summed E-state index contributed by atoms with van der Waals surface area (Å²) in [6.07, 6.45) is 4.92. The second-order valence-corrected chi connectivity index (χ2v) is 6.82. The quantitative estimate of drug-likeness (QED) is 0.851. The van der Waals surface area contributed by atoms with Crippen LogP contribution in [0.15, 0.2) is 23.2 Å². The van der Waals surface area contributed by atoms with Gasteiger partial charge in [0.25, 0.3) is 0 Å². The van der Waals surface area contributed by atoms with Crippen LogP contribution in [0.25, 0.3) is 0 Å². The average Bonchev–Trinajstić information content (AvgIpc) is 2.34. The van der Waals surface area contributed by atoms with Crippen molar-refractivity contribution in [2.45, 2.75) is 31.1 Å². The second-order valence-electron chi connectivity index (χ2n) is 5.09. The molecule has 1 saturated carbocycles. The van der Waals surface area contributed by atoms with E-state index in [4.69, 9.17) is 0 Å². The highest BCUT2D eigenvalue weighted by molar-refractivity contribution is 7.89. The number of rotatable bonds is 5. The lowest BCUT2D eigenvalue weighted by atomic mass is 9.71. The first kappa shape index (κ1) is 13.3. The molecule has 1 aromatic heterocycles. The molecule has 6 heteroatoms. The Kier molecular flexibility index (Phi) is 3.59. The fourth-order valence-corrected chi connectivity index (χ4v) is 3.46. The minimum Gasteiger partial charge on any atom is -0.372 e. The highest BCUT2D eigenvalue weighted by Gasteiger charge is 2.33. The Balaban J connectivity index is 2.15. The lowest BCUT2D eigenvalue weighted by Crippen LogP contribution is -2.40. The fourth-order valence-electron chi connectivity index (χ4n) is 2.10. The summed E-state index contributed by atoms with van der Waals surface area (Å²) in [7, 11) is -1.83. The van der Waals surface area contributed by atoms with Crippen molar-refractivity contribution in [2.24, 2.45) is 5.41 Å². The lowest BCUT2D eigenvalue weighted by molar-refractivity contribution is 0.166. The van der Waals surface area contributed by atoms with E-state index in [1.54, 1.807) is 25.4 Å². The average molecular weight is 269 g/mol. The molecular formula is C12H19N3O2S. The number of anilines is 1. The van der Waals surface area contributed by atoms with E-state index in [-0.39, 0.29) is 10.3 Å². The molecule has 1 fully saturated rings. The van der Waals surface area contributed by atoms with Crippen molar-refractivity contribution in [3.8, 4) is 0 Å². The Hall–Kier alpha value is -1.14. The van der Waals surface area contributed by atoms with Crippen LogP contribution in [0.2, 0.25) is 0 Å². The third-order valence-electron chi connectivity index (χ3n) is 3.55. The molecule has 0 unspecified atom stereocenters. The van der Waals surface area contributed by atoms with Gasteiger partial charge in [0.05, 0.1) is 0 Å². The van der Waals surface area contributed by atoms with Crippen LogP contribution in [0.5, 0.6) is 0 Å². The molecule has 0 aliphatic heterocycles. The van der Waals surface area contributed by atoms with Gasteiger partial charge in [-0.05, 0) is 30.4 Å². The van der Waals surface area contributed by atoms with Crippen LogP contribution in [-0.4, -0.2) is 27.0 Å². The zero-order chi connectivity index (χ0) is 13.2. The molecule has 2 rings (SSSR count). The summed E-state index contributed by atoms with van der Waals surface area (Å²) >= 11 is 0. The van der Waals surface area contributed by atoms with E-state index in [1.165, 1.54) is 6.42 Å².